The Morgan fingerprint density at radius 3 is 2.85 bits per heavy atom. The third kappa shape index (κ3) is 0.986. The van der Waals surface area contributed by atoms with Crippen molar-refractivity contribution in [1.82, 2.24) is 19.2 Å². The van der Waals surface area contributed by atoms with E-state index in [2.05, 4.69) is 10.1 Å². The summed E-state index contributed by atoms with van der Waals surface area (Å²) in [6.07, 6.45) is 0. The van der Waals surface area contributed by atoms with Crippen LogP contribution in [0.3, 0.4) is 0 Å². The van der Waals surface area contributed by atoms with Gasteiger partial charge in [-0.3, -0.25) is 14.5 Å². The molecular formula is C7H8N4O2. The zero-order valence-electron chi connectivity index (χ0n) is 7.24. The first-order chi connectivity index (χ1) is 6.09. The summed E-state index contributed by atoms with van der Waals surface area (Å²) in [6.45, 7) is 1.70. The highest BCUT2D eigenvalue weighted by Crippen LogP contribution is 1.97. The van der Waals surface area contributed by atoms with Crippen molar-refractivity contribution in [3.05, 3.63) is 32.7 Å². The van der Waals surface area contributed by atoms with Gasteiger partial charge in [0.25, 0.3) is 5.56 Å². The van der Waals surface area contributed by atoms with E-state index >= 15 is 0 Å². The molecule has 0 radical (unpaired) electrons. The second-order valence-corrected chi connectivity index (χ2v) is 2.80. The zero-order valence-corrected chi connectivity index (χ0v) is 7.24. The quantitative estimate of drug-likeness (QED) is 0.567. The summed E-state index contributed by atoms with van der Waals surface area (Å²) in [4.78, 5) is 24.4. The largest absolute Gasteiger partial charge is 0.335 e. The van der Waals surface area contributed by atoms with Crippen LogP contribution in [0.4, 0.5) is 0 Å². The maximum atomic E-state index is 11.3. The molecule has 0 atom stereocenters. The molecule has 0 aliphatic carbocycles. The molecule has 0 bridgehead atoms. The van der Waals surface area contributed by atoms with Gasteiger partial charge in [0, 0.05) is 13.1 Å². The van der Waals surface area contributed by atoms with Gasteiger partial charge < -0.3 is 0 Å². The lowest BCUT2D eigenvalue weighted by atomic mass is 10.6. The molecule has 13 heavy (non-hydrogen) atoms. The van der Waals surface area contributed by atoms with E-state index in [1.54, 1.807) is 14.0 Å². The fourth-order valence-electron chi connectivity index (χ4n) is 1.35. The summed E-state index contributed by atoms with van der Waals surface area (Å²) in [5.41, 5.74) is -0.368. The van der Waals surface area contributed by atoms with Crippen LogP contribution in [0.2, 0.25) is 0 Å². The van der Waals surface area contributed by atoms with Crippen molar-refractivity contribution < 1.29 is 0 Å². The Hall–Kier alpha value is -1.85. The number of hydrogen-bond acceptors (Lipinski definition) is 3. The highest BCUT2D eigenvalue weighted by molar-refractivity contribution is 5.36. The maximum Gasteiger partial charge on any atom is 0.335 e. The van der Waals surface area contributed by atoms with Gasteiger partial charge in [0.15, 0.2) is 0 Å². The van der Waals surface area contributed by atoms with Crippen molar-refractivity contribution in [3.8, 4) is 0 Å². The van der Waals surface area contributed by atoms with Crippen LogP contribution in [0, 0.1) is 6.92 Å². The number of fused-ring (bicyclic) bond motifs is 1. The molecule has 0 aromatic carbocycles. The van der Waals surface area contributed by atoms with E-state index in [-0.39, 0.29) is 0 Å². The Kier molecular flexibility index (Phi) is 1.39. The third-order valence-corrected chi connectivity index (χ3v) is 1.87. The van der Waals surface area contributed by atoms with Gasteiger partial charge in [-0.05, 0) is 6.92 Å². The third-order valence-electron chi connectivity index (χ3n) is 1.87. The molecule has 6 heteroatoms. The average Bonchev–Trinajstić information content (AvgIpc) is 2.27. The van der Waals surface area contributed by atoms with Crippen molar-refractivity contribution in [1.29, 1.82) is 0 Å². The summed E-state index contributed by atoms with van der Waals surface area (Å²) >= 11 is 0. The molecule has 6 nitrogen and oxygen atoms in total. The lowest BCUT2D eigenvalue weighted by Crippen LogP contribution is -2.25. The Balaban J connectivity index is 3.15. The minimum absolute atomic E-state index is 0.409. The highest BCUT2D eigenvalue weighted by Gasteiger charge is 2.06. The Morgan fingerprint density at radius 1 is 1.46 bits per heavy atom. The number of nitrogens with one attached hydrogen (secondary N) is 1. The van der Waals surface area contributed by atoms with Gasteiger partial charge >= 0.3 is 5.69 Å². The predicted molar refractivity (Wildman–Crippen MR) is 45.8 cm³/mol. The second kappa shape index (κ2) is 2.32. The van der Waals surface area contributed by atoms with Gasteiger partial charge in [-0.25, -0.2) is 9.20 Å². The summed E-state index contributed by atoms with van der Waals surface area (Å²) in [6, 6.07) is 1.33. The van der Waals surface area contributed by atoms with Crippen LogP contribution in [0.25, 0.3) is 5.65 Å². The second-order valence-electron chi connectivity index (χ2n) is 2.80. The molecule has 0 unspecified atom stereocenters. The molecule has 0 spiro atoms. The minimum atomic E-state index is -0.451. The summed E-state index contributed by atoms with van der Waals surface area (Å²) in [7, 11) is 1.68. The fraction of sp³-hybridized carbons (Fsp3) is 0.286. The monoisotopic (exact) mass is 180 g/mol. The first-order valence-corrected chi connectivity index (χ1v) is 3.75. The van der Waals surface area contributed by atoms with E-state index < -0.39 is 11.2 Å². The van der Waals surface area contributed by atoms with Gasteiger partial charge in [0.2, 0.25) is 0 Å². The Labute approximate surface area is 72.4 Å². The highest BCUT2D eigenvalue weighted by atomic mass is 16.2. The molecule has 2 aromatic rings. The van der Waals surface area contributed by atoms with Gasteiger partial charge in [-0.2, -0.15) is 5.10 Å². The first-order valence-electron chi connectivity index (χ1n) is 3.75. The molecule has 0 aliphatic heterocycles. The van der Waals surface area contributed by atoms with Crippen LogP contribution in [-0.4, -0.2) is 19.2 Å². The fourth-order valence-corrected chi connectivity index (χ4v) is 1.35. The lowest BCUT2D eigenvalue weighted by molar-refractivity contribution is 0.782. The molecule has 2 heterocycles. The molecule has 1 N–H and O–H groups in total. The molecule has 2 aromatic heterocycles. The SMILES string of the molecule is Cc1nn(C)c2cc(=O)[nH]c(=O)n12. The van der Waals surface area contributed by atoms with E-state index in [1.807, 2.05) is 0 Å². The van der Waals surface area contributed by atoms with Crippen molar-refractivity contribution in [2.45, 2.75) is 6.92 Å². The summed E-state index contributed by atoms with van der Waals surface area (Å²) in [5, 5.41) is 4.01. The zero-order chi connectivity index (χ0) is 9.59. The van der Waals surface area contributed by atoms with Crippen molar-refractivity contribution in [3.63, 3.8) is 0 Å². The van der Waals surface area contributed by atoms with Gasteiger partial charge in [-0.15, -0.1) is 0 Å². The van der Waals surface area contributed by atoms with E-state index in [0.717, 1.165) is 0 Å². The molecule has 0 fully saturated rings. The van der Waals surface area contributed by atoms with Crippen molar-refractivity contribution in [2.75, 3.05) is 0 Å². The van der Waals surface area contributed by atoms with E-state index in [0.29, 0.717) is 11.5 Å². The minimum Gasteiger partial charge on any atom is -0.274 e. The van der Waals surface area contributed by atoms with E-state index in [1.165, 1.54) is 15.1 Å². The normalized spacial score (nSPS) is 10.9. The molecule has 2 rings (SSSR count). The van der Waals surface area contributed by atoms with E-state index in [9.17, 15) is 9.59 Å². The number of nitrogens with zero attached hydrogens (tertiary/aromatic N) is 3. The Morgan fingerprint density at radius 2 is 2.15 bits per heavy atom. The maximum absolute atomic E-state index is 11.3. The standard InChI is InChI=1S/C7H8N4O2/c1-4-9-10(2)6-3-5(12)8-7(13)11(4)6/h3H,1-2H3,(H,8,12,13). The van der Waals surface area contributed by atoms with Crippen LogP contribution in [-0.2, 0) is 7.05 Å². The first kappa shape index (κ1) is 7.78. The predicted octanol–water partition coefficient (Wildman–Crippen LogP) is -0.970. The van der Waals surface area contributed by atoms with Crippen LogP contribution in [0.1, 0.15) is 5.82 Å². The average molecular weight is 180 g/mol. The van der Waals surface area contributed by atoms with Gasteiger partial charge in [-0.1, -0.05) is 0 Å². The summed E-state index contributed by atoms with van der Waals surface area (Å²) < 4.78 is 2.84. The summed E-state index contributed by atoms with van der Waals surface area (Å²) in [5.74, 6) is 0.554. The number of aryl methyl sites for hydroxylation is 2. The van der Waals surface area contributed by atoms with Crippen molar-refractivity contribution >= 4 is 5.65 Å². The van der Waals surface area contributed by atoms with Crippen LogP contribution in [0.15, 0.2) is 15.7 Å². The smallest absolute Gasteiger partial charge is 0.274 e. The molecule has 0 aliphatic rings. The molecular weight excluding hydrogens is 172 g/mol. The number of H-pyrrole nitrogens is 1. The molecule has 0 amide bonds. The molecule has 0 saturated carbocycles. The molecule has 0 saturated heterocycles. The van der Waals surface area contributed by atoms with Crippen molar-refractivity contribution in [2.24, 2.45) is 7.05 Å². The lowest BCUT2D eigenvalue weighted by Gasteiger charge is -1.92. The van der Waals surface area contributed by atoms with Gasteiger partial charge in [0.05, 0.1) is 0 Å². The number of rotatable bonds is 0. The van der Waals surface area contributed by atoms with Crippen LogP contribution in [0.5, 0.6) is 0 Å². The number of aromatic nitrogens is 4. The molecule has 68 valence electrons. The Bertz CT molecular complexity index is 574. The van der Waals surface area contributed by atoms with Crippen LogP contribution >= 0.6 is 0 Å². The van der Waals surface area contributed by atoms with E-state index in [4.69, 9.17) is 0 Å². The van der Waals surface area contributed by atoms with Crippen LogP contribution < -0.4 is 11.2 Å². The number of hydrogen-bond donors (Lipinski definition) is 1. The topological polar surface area (TPSA) is 72.2 Å². The van der Waals surface area contributed by atoms with Gasteiger partial charge in [0.1, 0.15) is 11.5 Å². The number of aromatic amines is 1.